The molecule has 5 heteroatoms. The van der Waals surface area contributed by atoms with Crippen LogP contribution in [-0.2, 0) is 11.3 Å². The molecule has 0 aliphatic carbocycles. The van der Waals surface area contributed by atoms with Crippen LogP contribution < -0.4 is 10.2 Å². The van der Waals surface area contributed by atoms with Crippen molar-refractivity contribution in [3.8, 4) is 0 Å². The molecule has 1 aromatic heterocycles. The third kappa shape index (κ3) is 2.79. The summed E-state index contributed by atoms with van der Waals surface area (Å²) in [6.45, 7) is 2.00. The fourth-order valence-corrected chi connectivity index (χ4v) is 2.29. The molecule has 0 aromatic carbocycles. The predicted molar refractivity (Wildman–Crippen MR) is 69.2 cm³/mol. The molecule has 2 heterocycles. The number of anilines is 1. The Hall–Kier alpha value is -1.20. The van der Waals surface area contributed by atoms with Crippen molar-refractivity contribution in [3.05, 3.63) is 23.6 Å². The summed E-state index contributed by atoms with van der Waals surface area (Å²) in [5.74, 6) is 0.218. The van der Waals surface area contributed by atoms with Gasteiger partial charge >= 0.3 is 0 Å². The van der Waals surface area contributed by atoms with E-state index in [1.54, 1.807) is 12.3 Å². The zero-order valence-electron chi connectivity index (χ0n) is 10.9. The average Bonchev–Trinajstić information content (AvgIpc) is 2.42. The zero-order valence-corrected chi connectivity index (χ0v) is 10.9. The first-order valence-electron chi connectivity index (χ1n) is 6.32. The van der Waals surface area contributed by atoms with Crippen molar-refractivity contribution < 1.29 is 9.13 Å². The topological polar surface area (TPSA) is 37.4 Å². The number of aromatic nitrogens is 1. The molecule has 1 aliphatic heterocycles. The summed E-state index contributed by atoms with van der Waals surface area (Å²) < 4.78 is 19.6. The Morgan fingerprint density at radius 2 is 2.22 bits per heavy atom. The Labute approximate surface area is 107 Å². The first-order valence-corrected chi connectivity index (χ1v) is 6.32. The fourth-order valence-electron chi connectivity index (χ4n) is 2.29. The van der Waals surface area contributed by atoms with E-state index in [2.05, 4.69) is 10.3 Å². The van der Waals surface area contributed by atoms with Crippen LogP contribution in [0.25, 0.3) is 0 Å². The van der Waals surface area contributed by atoms with E-state index in [4.69, 9.17) is 4.74 Å². The monoisotopic (exact) mass is 253 g/mol. The van der Waals surface area contributed by atoms with Gasteiger partial charge in [0.15, 0.2) is 11.6 Å². The van der Waals surface area contributed by atoms with E-state index < -0.39 is 0 Å². The molecule has 1 aliphatic rings. The van der Waals surface area contributed by atoms with E-state index in [-0.39, 0.29) is 5.82 Å². The highest BCUT2D eigenvalue weighted by molar-refractivity contribution is 5.43. The van der Waals surface area contributed by atoms with E-state index in [1.165, 1.54) is 0 Å². The summed E-state index contributed by atoms with van der Waals surface area (Å²) in [5.41, 5.74) is 0.654. The number of hydrogen-bond donors (Lipinski definition) is 1. The van der Waals surface area contributed by atoms with Crippen molar-refractivity contribution in [2.75, 3.05) is 32.2 Å². The molecule has 1 fully saturated rings. The summed E-state index contributed by atoms with van der Waals surface area (Å²) in [6, 6.07) is 2.03. The van der Waals surface area contributed by atoms with Gasteiger partial charge in [0.25, 0.3) is 0 Å². The molecular formula is C13H20FN3O. The number of nitrogens with one attached hydrogen (secondary N) is 1. The minimum absolute atomic E-state index is 0.221. The Balaban J connectivity index is 2.18. The van der Waals surface area contributed by atoms with Crippen molar-refractivity contribution in [2.24, 2.45) is 0 Å². The number of rotatable bonds is 4. The Bertz CT molecular complexity index is 394. The molecule has 0 spiro atoms. The normalized spacial score (nSPS) is 16.8. The van der Waals surface area contributed by atoms with E-state index in [1.807, 2.05) is 19.0 Å². The van der Waals surface area contributed by atoms with Crippen molar-refractivity contribution in [1.82, 2.24) is 10.3 Å². The number of pyridine rings is 1. The maximum Gasteiger partial charge on any atom is 0.170 e. The number of hydrogen-bond acceptors (Lipinski definition) is 4. The summed E-state index contributed by atoms with van der Waals surface area (Å²) in [6.07, 6.45) is 3.52. The lowest BCUT2D eigenvalue weighted by Gasteiger charge is -2.32. The molecule has 100 valence electrons. The largest absolute Gasteiger partial charge is 0.381 e. The number of nitrogens with zero attached hydrogens (tertiary/aromatic N) is 2. The van der Waals surface area contributed by atoms with Gasteiger partial charge in [0.1, 0.15) is 0 Å². The molecule has 2 rings (SSSR count). The van der Waals surface area contributed by atoms with E-state index in [0.717, 1.165) is 26.1 Å². The highest BCUT2D eigenvalue weighted by atomic mass is 19.1. The van der Waals surface area contributed by atoms with Gasteiger partial charge in [-0.05, 0) is 26.0 Å². The third-order valence-electron chi connectivity index (χ3n) is 3.39. The zero-order chi connectivity index (χ0) is 13.0. The van der Waals surface area contributed by atoms with Crippen molar-refractivity contribution in [1.29, 1.82) is 0 Å². The standard InChI is InChI=1S/C13H20FN3O/c1-15-9-10-3-6-16-13(12(10)14)17(2)11-4-7-18-8-5-11/h3,6,11,15H,4-5,7-9H2,1-2H3. The van der Waals surface area contributed by atoms with Crippen LogP contribution in [0.1, 0.15) is 18.4 Å². The quantitative estimate of drug-likeness (QED) is 0.883. The van der Waals surface area contributed by atoms with Crippen LogP contribution >= 0.6 is 0 Å². The second kappa shape index (κ2) is 6.11. The lowest BCUT2D eigenvalue weighted by Crippen LogP contribution is -2.37. The highest BCUT2D eigenvalue weighted by Crippen LogP contribution is 2.23. The molecule has 18 heavy (non-hydrogen) atoms. The van der Waals surface area contributed by atoms with Crippen LogP contribution in [0.3, 0.4) is 0 Å². The second-order valence-corrected chi connectivity index (χ2v) is 4.59. The number of ether oxygens (including phenoxy) is 1. The summed E-state index contributed by atoms with van der Waals surface area (Å²) in [7, 11) is 3.71. The van der Waals surface area contributed by atoms with Crippen LogP contribution in [-0.4, -0.2) is 38.3 Å². The Kier molecular flexibility index (Phi) is 4.49. The lowest BCUT2D eigenvalue weighted by atomic mass is 10.1. The molecule has 1 aromatic rings. The summed E-state index contributed by atoms with van der Waals surface area (Å²) >= 11 is 0. The fraction of sp³-hybridized carbons (Fsp3) is 0.615. The first kappa shape index (κ1) is 13.2. The lowest BCUT2D eigenvalue weighted by molar-refractivity contribution is 0.0852. The smallest absolute Gasteiger partial charge is 0.170 e. The Morgan fingerprint density at radius 1 is 1.50 bits per heavy atom. The van der Waals surface area contributed by atoms with Crippen LogP contribution in [0.2, 0.25) is 0 Å². The molecule has 0 saturated carbocycles. The summed E-state index contributed by atoms with van der Waals surface area (Å²) in [4.78, 5) is 6.12. The predicted octanol–water partition coefficient (Wildman–Crippen LogP) is 1.56. The molecule has 1 N–H and O–H groups in total. The maximum absolute atomic E-state index is 14.3. The van der Waals surface area contributed by atoms with Crippen LogP contribution in [0, 0.1) is 5.82 Å². The van der Waals surface area contributed by atoms with Gasteiger partial charge in [-0.15, -0.1) is 0 Å². The van der Waals surface area contributed by atoms with Gasteiger partial charge < -0.3 is 15.0 Å². The number of halogens is 1. The van der Waals surface area contributed by atoms with Gasteiger partial charge in [-0.3, -0.25) is 0 Å². The van der Waals surface area contributed by atoms with Crippen LogP contribution in [0.15, 0.2) is 12.3 Å². The van der Waals surface area contributed by atoms with Crippen molar-refractivity contribution >= 4 is 5.82 Å². The minimum atomic E-state index is -0.221. The molecule has 0 radical (unpaired) electrons. The SMILES string of the molecule is CNCc1ccnc(N(C)C2CCOCC2)c1F. The molecule has 4 nitrogen and oxygen atoms in total. The van der Waals surface area contributed by atoms with Gasteiger partial charge in [0.2, 0.25) is 0 Å². The highest BCUT2D eigenvalue weighted by Gasteiger charge is 2.22. The molecule has 0 amide bonds. The molecule has 0 bridgehead atoms. The van der Waals surface area contributed by atoms with E-state index >= 15 is 0 Å². The maximum atomic E-state index is 14.3. The molecule has 1 saturated heterocycles. The molecule has 0 atom stereocenters. The molecule has 0 unspecified atom stereocenters. The molecular weight excluding hydrogens is 233 g/mol. The first-order chi connectivity index (χ1) is 8.74. The minimum Gasteiger partial charge on any atom is -0.381 e. The van der Waals surface area contributed by atoms with Crippen molar-refractivity contribution in [2.45, 2.75) is 25.4 Å². The second-order valence-electron chi connectivity index (χ2n) is 4.59. The van der Waals surface area contributed by atoms with Crippen LogP contribution in [0.4, 0.5) is 10.2 Å². The van der Waals surface area contributed by atoms with Gasteiger partial charge in [-0.25, -0.2) is 9.37 Å². The van der Waals surface area contributed by atoms with Crippen molar-refractivity contribution in [3.63, 3.8) is 0 Å². The van der Waals surface area contributed by atoms with Gasteiger partial charge in [-0.1, -0.05) is 0 Å². The van der Waals surface area contributed by atoms with Gasteiger partial charge in [0, 0.05) is 44.6 Å². The van der Waals surface area contributed by atoms with Crippen LogP contribution in [0.5, 0.6) is 0 Å². The third-order valence-corrected chi connectivity index (χ3v) is 3.39. The van der Waals surface area contributed by atoms with Gasteiger partial charge in [-0.2, -0.15) is 0 Å². The van der Waals surface area contributed by atoms with Gasteiger partial charge in [0.05, 0.1) is 0 Å². The summed E-state index contributed by atoms with van der Waals surface area (Å²) in [5, 5.41) is 2.96. The van der Waals surface area contributed by atoms with E-state index in [9.17, 15) is 4.39 Å². The van der Waals surface area contributed by atoms with E-state index in [0.29, 0.717) is 24.0 Å². The Morgan fingerprint density at radius 3 is 2.89 bits per heavy atom. The average molecular weight is 253 g/mol.